The molecule has 1 saturated heterocycles. The van der Waals surface area contributed by atoms with Gasteiger partial charge in [-0.2, -0.15) is 23.5 Å². The Morgan fingerprint density at radius 1 is 1.56 bits per heavy atom. The lowest BCUT2D eigenvalue weighted by Gasteiger charge is -2.33. The van der Waals surface area contributed by atoms with Crippen LogP contribution < -0.4 is 11.3 Å². The van der Waals surface area contributed by atoms with Gasteiger partial charge in [-0.05, 0) is 6.42 Å². The minimum atomic E-state index is 0.138. The molecule has 0 radical (unpaired) electrons. The summed E-state index contributed by atoms with van der Waals surface area (Å²) in [5.74, 6) is 9.31. The molecule has 1 aromatic rings. The van der Waals surface area contributed by atoms with Gasteiger partial charge in [0, 0.05) is 40.9 Å². The second-order valence-corrected chi connectivity index (χ2v) is 7.31. The van der Waals surface area contributed by atoms with Crippen molar-refractivity contribution in [3.05, 3.63) is 18.2 Å². The van der Waals surface area contributed by atoms with Gasteiger partial charge in [0.25, 0.3) is 0 Å². The summed E-state index contributed by atoms with van der Waals surface area (Å²) < 4.78 is 2.22. The number of nitrogens with two attached hydrogens (primary N) is 1. The van der Waals surface area contributed by atoms with Crippen molar-refractivity contribution in [2.24, 2.45) is 5.84 Å². The number of thioether (sulfide) groups is 2. The van der Waals surface area contributed by atoms with Crippen molar-refractivity contribution >= 4 is 23.5 Å². The number of nitrogens with zero attached hydrogens (tertiary/aromatic N) is 2. The third-order valence-electron chi connectivity index (χ3n) is 3.24. The first kappa shape index (κ1) is 14.2. The molecule has 3 N–H and O–H groups in total. The average molecular weight is 286 g/mol. The highest BCUT2D eigenvalue weighted by atomic mass is 32.2. The number of nitrogens with one attached hydrogen (secondary N) is 1. The van der Waals surface area contributed by atoms with Gasteiger partial charge in [-0.15, -0.1) is 0 Å². The van der Waals surface area contributed by atoms with Crippen molar-refractivity contribution < 1.29 is 0 Å². The molecule has 2 rings (SSSR count). The first-order valence-corrected chi connectivity index (χ1v) is 8.58. The van der Waals surface area contributed by atoms with Crippen LogP contribution in [-0.2, 0) is 6.54 Å². The van der Waals surface area contributed by atoms with E-state index in [1.54, 1.807) is 0 Å². The molecule has 0 saturated carbocycles. The second kappa shape index (κ2) is 6.84. The van der Waals surface area contributed by atoms with E-state index in [4.69, 9.17) is 5.84 Å². The molecule has 1 fully saturated rings. The van der Waals surface area contributed by atoms with Crippen LogP contribution in [0, 0.1) is 0 Å². The Morgan fingerprint density at radius 3 is 3.00 bits per heavy atom. The average Bonchev–Trinajstić information content (AvgIpc) is 2.82. The molecular weight excluding hydrogens is 264 g/mol. The van der Waals surface area contributed by atoms with Gasteiger partial charge in [0.15, 0.2) is 0 Å². The normalized spacial score (nSPS) is 26.2. The SMILES string of the molecule is CCCn1ccnc1C(NN)C1SCCSC1C. The number of rotatable bonds is 5. The number of hydrazine groups is 1. The van der Waals surface area contributed by atoms with E-state index in [1.165, 1.54) is 11.5 Å². The molecule has 102 valence electrons. The molecule has 6 heteroatoms. The highest BCUT2D eigenvalue weighted by Gasteiger charge is 2.33. The van der Waals surface area contributed by atoms with E-state index in [0.29, 0.717) is 10.5 Å². The quantitative estimate of drug-likeness (QED) is 0.641. The Kier molecular flexibility index (Phi) is 5.41. The van der Waals surface area contributed by atoms with E-state index in [9.17, 15) is 0 Å². The lowest BCUT2D eigenvalue weighted by Crippen LogP contribution is -2.42. The summed E-state index contributed by atoms with van der Waals surface area (Å²) in [6, 6.07) is 0.138. The summed E-state index contributed by atoms with van der Waals surface area (Å²) >= 11 is 4.05. The number of hydrogen-bond donors (Lipinski definition) is 2. The van der Waals surface area contributed by atoms with Crippen LogP contribution in [0.25, 0.3) is 0 Å². The zero-order valence-electron chi connectivity index (χ0n) is 11.0. The molecule has 0 amide bonds. The molecule has 2 heterocycles. The lowest BCUT2D eigenvalue weighted by atomic mass is 10.1. The molecule has 0 aliphatic carbocycles. The third-order valence-corrected chi connectivity index (χ3v) is 6.43. The number of aryl methyl sites for hydroxylation is 1. The van der Waals surface area contributed by atoms with Gasteiger partial charge in [0.1, 0.15) is 5.82 Å². The van der Waals surface area contributed by atoms with Crippen molar-refractivity contribution in [1.82, 2.24) is 15.0 Å². The van der Waals surface area contributed by atoms with Gasteiger partial charge in [-0.25, -0.2) is 10.4 Å². The number of imidazole rings is 1. The van der Waals surface area contributed by atoms with Gasteiger partial charge >= 0.3 is 0 Å². The van der Waals surface area contributed by atoms with Crippen LogP contribution >= 0.6 is 23.5 Å². The third kappa shape index (κ3) is 3.04. The Morgan fingerprint density at radius 2 is 2.33 bits per heavy atom. The van der Waals surface area contributed by atoms with Crippen LogP contribution in [0.5, 0.6) is 0 Å². The van der Waals surface area contributed by atoms with E-state index in [2.05, 4.69) is 35.0 Å². The lowest BCUT2D eigenvalue weighted by molar-refractivity contribution is 0.472. The van der Waals surface area contributed by atoms with Gasteiger partial charge in [0.2, 0.25) is 0 Å². The largest absolute Gasteiger partial charge is 0.334 e. The molecule has 3 unspecified atom stereocenters. The molecular formula is C12H22N4S2. The minimum absolute atomic E-state index is 0.138. The van der Waals surface area contributed by atoms with Gasteiger partial charge in [-0.1, -0.05) is 13.8 Å². The molecule has 4 nitrogen and oxygen atoms in total. The smallest absolute Gasteiger partial charge is 0.128 e. The summed E-state index contributed by atoms with van der Waals surface area (Å²) in [5.41, 5.74) is 2.99. The maximum atomic E-state index is 5.80. The van der Waals surface area contributed by atoms with E-state index in [-0.39, 0.29) is 6.04 Å². The Bertz CT molecular complexity index is 369. The summed E-state index contributed by atoms with van der Waals surface area (Å²) in [6.45, 7) is 5.48. The summed E-state index contributed by atoms with van der Waals surface area (Å²) in [7, 11) is 0. The van der Waals surface area contributed by atoms with Crippen molar-refractivity contribution in [3.8, 4) is 0 Å². The fourth-order valence-corrected chi connectivity index (χ4v) is 5.26. The Labute approximate surface area is 117 Å². The second-order valence-electron chi connectivity index (χ2n) is 4.53. The Balaban J connectivity index is 2.18. The molecule has 18 heavy (non-hydrogen) atoms. The van der Waals surface area contributed by atoms with Gasteiger partial charge < -0.3 is 4.57 Å². The van der Waals surface area contributed by atoms with Gasteiger partial charge in [0.05, 0.1) is 6.04 Å². The minimum Gasteiger partial charge on any atom is -0.334 e. The van der Waals surface area contributed by atoms with E-state index < -0.39 is 0 Å². The van der Waals surface area contributed by atoms with Crippen LogP contribution in [0.1, 0.15) is 32.1 Å². The van der Waals surface area contributed by atoms with Crippen LogP contribution in [0.3, 0.4) is 0 Å². The molecule has 3 atom stereocenters. The van der Waals surface area contributed by atoms with E-state index in [0.717, 1.165) is 18.8 Å². The van der Waals surface area contributed by atoms with E-state index in [1.807, 2.05) is 29.7 Å². The predicted molar refractivity (Wildman–Crippen MR) is 80.7 cm³/mol. The first-order chi connectivity index (χ1) is 8.77. The molecule has 1 aliphatic heterocycles. The van der Waals surface area contributed by atoms with Crippen LogP contribution in [0.4, 0.5) is 0 Å². The van der Waals surface area contributed by atoms with Gasteiger partial charge in [-0.3, -0.25) is 5.84 Å². The molecule has 1 aliphatic rings. The van der Waals surface area contributed by atoms with Crippen molar-refractivity contribution in [2.75, 3.05) is 11.5 Å². The first-order valence-electron chi connectivity index (χ1n) is 6.48. The topological polar surface area (TPSA) is 55.9 Å². The standard InChI is InChI=1S/C12H22N4S2/c1-3-5-16-6-4-14-12(16)10(15-13)11-9(2)17-7-8-18-11/h4,6,9-11,15H,3,5,7-8,13H2,1-2H3. The zero-order chi connectivity index (χ0) is 13.0. The predicted octanol–water partition coefficient (Wildman–Crippen LogP) is 2.03. The highest BCUT2D eigenvalue weighted by molar-refractivity contribution is 8.07. The summed E-state index contributed by atoms with van der Waals surface area (Å²) in [5, 5.41) is 1.10. The maximum Gasteiger partial charge on any atom is 0.128 e. The zero-order valence-corrected chi connectivity index (χ0v) is 12.6. The molecule has 0 bridgehead atoms. The van der Waals surface area contributed by atoms with Crippen molar-refractivity contribution in [2.45, 2.75) is 43.4 Å². The molecule has 0 spiro atoms. The highest BCUT2D eigenvalue weighted by Crippen LogP contribution is 2.37. The van der Waals surface area contributed by atoms with Crippen molar-refractivity contribution in [1.29, 1.82) is 0 Å². The van der Waals surface area contributed by atoms with Crippen LogP contribution in [0.15, 0.2) is 12.4 Å². The van der Waals surface area contributed by atoms with Crippen LogP contribution in [0.2, 0.25) is 0 Å². The van der Waals surface area contributed by atoms with Crippen LogP contribution in [-0.4, -0.2) is 31.6 Å². The van der Waals surface area contributed by atoms with E-state index >= 15 is 0 Å². The fourth-order valence-electron chi connectivity index (χ4n) is 2.36. The number of hydrogen-bond acceptors (Lipinski definition) is 5. The number of aromatic nitrogens is 2. The maximum absolute atomic E-state index is 5.80. The summed E-state index contributed by atoms with van der Waals surface area (Å²) in [4.78, 5) is 4.51. The Hall–Kier alpha value is -0.170. The van der Waals surface area contributed by atoms with Crippen molar-refractivity contribution in [3.63, 3.8) is 0 Å². The summed E-state index contributed by atoms with van der Waals surface area (Å²) in [6.07, 6.45) is 5.04. The monoisotopic (exact) mass is 286 g/mol. The molecule has 1 aromatic heterocycles. The fraction of sp³-hybridized carbons (Fsp3) is 0.750. The molecule has 0 aromatic carbocycles.